The zero-order valence-corrected chi connectivity index (χ0v) is 14.3. The van der Waals surface area contributed by atoms with Gasteiger partial charge in [0.05, 0.1) is 10.6 Å². The summed E-state index contributed by atoms with van der Waals surface area (Å²) in [7, 11) is 0. The van der Waals surface area contributed by atoms with Crippen LogP contribution in [0, 0.1) is 23.7 Å². The predicted molar refractivity (Wildman–Crippen MR) is 94.4 cm³/mol. The van der Waals surface area contributed by atoms with Crippen molar-refractivity contribution >= 4 is 23.2 Å². The molecular weight excluding hydrogens is 336 g/mol. The van der Waals surface area contributed by atoms with Gasteiger partial charge in [-0.2, -0.15) is 0 Å². The SMILES string of the molecule is O=C1c2cccc(Oc3ccccc3Cl)c2C(=O)C2C3CCC(C3)C12. The summed E-state index contributed by atoms with van der Waals surface area (Å²) in [6.07, 6.45) is 3.16. The zero-order chi connectivity index (χ0) is 17.1. The van der Waals surface area contributed by atoms with Gasteiger partial charge in [-0.3, -0.25) is 9.59 Å². The number of ketones is 2. The van der Waals surface area contributed by atoms with Crippen LogP contribution in [0.15, 0.2) is 42.5 Å². The highest BCUT2D eigenvalue weighted by atomic mass is 35.5. The number of hydrogen-bond donors (Lipinski definition) is 0. The Hall–Kier alpha value is -2.13. The number of benzene rings is 2. The number of carbonyl (C=O) groups excluding carboxylic acids is 2. The molecule has 25 heavy (non-hydrogen) atoms. The van der Waals surface area contributed by atoms with Gasteiger partial charge in [0.25, 0.3) is 0 Å². The van der Waals surface area contributed by atoms with E-state index in [2.05, 4.69) is 0 Å². The standard InChI is InChI=1S/C21H17ClO3/c22-14-5-1-2-6-15(14)25-16-7-3-4-13-19(16)21(24)18-12-9-8-11(10-12)17(18)20(13)23/h1-7,11-12,17-18H,8-10H2. The van der Waals surface area contributed by atoms with Gasteiger partial charge in [0, 0.05) is 17.4 Å². The van der Waals surface area contributed by atoms with E-state index < -0.39 is 0 Å². The first-order valence-electron chi connectivity index (χ1n) is 8.79. The summed E-state index contributed by atoms with van der Waals surface area (Å²) in [5.74, 6) is 1.59. The van der Waals surface area contributed by atoms with E-state index in [4.69, 9.17) is 16.3 Å². The molecule has 5 rings (SSSR count). The van der Waals surface area contributed by atoms with Crippen molar-refractivity contribution in [3.63, 3.8) is 0 Å². The molecule has 0 saturated heterocycles. The Labute approximate surface area is 150 Å². The highest BCUT2D eigenvalue weighted by molar-refractivity contribution is 6.32. The van der Waals surface area contributed by atoms with Crippen molar-refractivity contribution in [2.45, 2.75) is 19.3 Å². The van der Waals surface area contributed by atoms with Gasteiger partial charge < -0.3 is 4.74 Å². The third-order valence-corrected chi connectivity index (χ3v) is 6.43. The molecule has 2 saturated carbocycles. The molecule has 126 valence electrons. The molecule has 2 fully saturated rings. The molecule has 3 aliphatic carbocycles. The van der Waals surface area contributed by atoms with E-state index in [1.54, 1.807) is 30.3 Å². The topological polar surface area (TPSA) is 43.4 Å². The number of ether oxygens (including phenoxy) is 1. The summed E-state index contributed by atoms with van der Waals surface area (Å²) in [6.45, 7) is 0. The number of hydrogen-bond acceptors (Lipinski definition) is 3. The Morgan fingerprint density at radius 1 is 0.840 bits per heavy atom. The molecule has 2 aromatic rings. The number of carbonyl (C=O) groups is 2. The maximum absolute atomic E-state index is 13.3. The largest absolute Gasteiger partial charge is 0.455 e. The van der Waals surface area contributed by atoms with Crippen LogP contribution >= 0.6 is 11.6 Å². The van der Waals surface area contributed by atoms with Gasteiger partial charge >= 0.3 is 0 Å². The van der Waals surface area contributed by atoms with Crippen LogP contribution in [0.25, 0.3) is 0 Å². The summed E-state index contributed by atoms with van der Waals surface area (Å²) in [5, 5.41) is 0.479. The van der Waals surface area contributed by atoms with Gasteiger partial charge in [-0.05, 0) is 49.3 Å². The second-order valence-corrected chi connectivity index (χ2v) is 7.73. The molecule has 0 amide bonds. The molecule has 2 aromatic carbocycles. The van der Waals surface area contributed by atoms with Gasteiger partial charge in [-0.25, -0.2) is 0 Å². The lowest BCUT2D eigenvalue weighted by Gasteiger charge is -2.34. The maximum Gasteiger partial charge on any atom is 0.171 e. The average Bonchev–Trinajstić information content (AvgIpc) is 3.23. The number of fused-ring (bicyclic) bond motifs is 6. The molecule has 0 N–H and O–H groups in total. The van der Waals surface area contributed by atoms with Gasteiger partial charge in [0.1, 0.15) is 11.5 Å². The lowest BCUT2D eigenvalue weighted by atomic mass is 9.67. The van der Waals surface area contributed by atoms with E-state index in [1.807, 2.05) is 12.1 Å². The normalized spacial score (nSPS) is 29.5. The summed E-state index contributed by atoms with van der Waals surface area (Å²) < 4.78 is 5.95. The highest BCUT2D eigenvalue weighted by Gasteiger charge is 2.57. The van der Waals surface area contributed by atoms with Crippen LogP contribution in [-0.2, 0) is 0 Å². The minimum Gasteiger partial charge on any atom is -0.455 e. The van der Waals surface area contributed by atoms with E-state index in [0.717, 1.165) is 19.3 Å². The number of halogens is 1. The summed E-state index contributed by atoms with van der Waals surface area (Å²) in [6, 6.07) is 12.4. The fourth-order valence-electron chi connectivity index (χ4n) is 5.11. The summed E-state index contributed by atoms with van der Waals surface area (Å²) in [5.41, 5.74) is 0.963. The van der Waals surface area contributed by atoms with Gasteiger partial charge in [-0.1, -0.05) is 35.9 Å². The van der Waals surface area contributed by atoms with Crippen LogP contribution in [0.2, 0.25) is 5.02 Å². The molecule has 4 unspecified atom stereocenters. The van der Waals surface area contributed by atoms with Gasteiger partial charge in [0.15, 0.2) is 11.6 Å². The lowest BCUT2D eigenvalue weighted by Crippen LogP contribution is -2.40. The van der Waals surface area contributed by atoms with Gasteiger partial charge in [-0.15, -0.1) is 0 Å². The monoisotopic (exact) mass is 352 g/mol. The Morgan fingerprint density at radius 3 is 2.28 bits per heavy atom. The van der Waals surface area contributed by atoms with Crippen molar-refractivity contribution < 1.29 is 14.3 Å². The number of rotatable bonds is 2. The van der Waals surface area contributed by atoms with Crippen LogP contribution in [0.1, 0.15) is 40.0 Å². The van der Waals surface area contributed by atoms with Crippen LogP contribution in [-0.4, -0.2) is 11.6 Å². The lowest BCUT2D eigenvalue weighted by molar-refractivity contribution is 0.0658. The first kappa shape index (κ1) is 15.2. The second-order valence-electron chi connectivity index (χ2n) is 7.32. The third-order valence-electron chi connectivity index (χ3n) is 6.12. The minimum atomic E-state index is -0.158. The van der Waals surface area contributed by atoms with Crippen LogP contribution in [0.3, 0.4) is 0 Å². The fourth-order valence-corrected chi connectivity index (χ4v) is 5.29. The van der Waals surface area contributed by atoms with Crippen molar-refractivity contribution in [1.82, 2.24) is 0 Å². The van der Waals surface area contributed by atoms with E-state index in [-0.39, 0.29) is 23.4 Å². The molecule has 3 aliphatic rings. The second kappa shape index (κ2) is 5.43. The van der Waals surface area contributed by atoms with E-state index in [9.17, 15) is 9.59 Å². The smallest absolute Gasteiger partial charge is 0.171 e. The zero-order valence-electron chi connectivity index (χ0n) is 13.6. The number of para-hydroxylation sites is 1. The fraction of sp³-hybridized carbons (Fsp3) is 0.333. The molecule has 2 bridgehead atoms. The van der Waals surface area contributed by atoms with Crippen molar-refractivity contribution in [2.24, 2.45) is 23.7 Å². The van der Waals surface area contributed by atoms with Crippen LogP contribution in [0.5, 0.6) is 11.5 Å². The Bertz CT molecular complexity index is 904. The highest BCUT2D eigenvalue weighted by Crippen LogP contribution is 2.57. The Kier molecular flexibility index (Phi) is 3.29. The first-order chi connectivity index (χ1) is 12.1. The molecule has 4 heteroatoms. The predicted octanol–water partition coefficient (Wildman–Crippen LogP) is 5.17. The van der Waals surface area contributed by atoms with E-state index in [0.29, 0.717) is 39.5 Å². The van der Waals surface area contributed by atoms with Crippen LogP contribution in [0.4, 0.5) is 0 Å². The molecule has 3 nitrogen and oxygen atoms in total. The third kappa shape index (κ3) is 2.12. The molecule has 0 aromatic heterocycles. The maximum atomic E-state index is 13.3. The average molecular weight is 353 g/mol. The van der Waals surface area contributed by atoms with Crippen molar-refractivity contribution in [3.05, 3.63) is 58.6 Å². The number of Topliss-reactive ketones (excluding diaryl/α,β-unsaturated/α-hetero) is 2. The van der Waals surface area contributed by atoms with Gasteiger partial charge in [0.2, 0.25) is 0 Å². The summed E-state index contributed by atoms with van der Waals surface area (Å²) in [4.78, 5) is 26.3. The quantitative estimate of drug-likeness (QED) is 0.748. The van der Waals surface area contributed by atoms with Crippen molar-refractivity contribution in [3.8, 4) is 11.5 Å². The molecular formula is C21H17ClO3. The minimum absolute atomic E-state index is 0.0782. The molecule has 0 aliphatic heterocycles. The molecule has 0 spiro atoms. The Morgan fingerprint density at radius 2 is 1.52 bits per heavy atom. The molecule has 0 radical (unpaired) electrons. The first-order valence-corrected chi connectivity index (χ1v) is 9.17. The molecule has 0 heterocycles. The van der Waals surface area contributed by atoms with E-state index >= 15 is 0 Å². The Balaban J connectivity index is 1.61. The summed E-state index contributed by atoms with van der Waals surface area (Å²) >= 11 is 6.19. The van der Waals surface area contributed by atoms with Crippen molar-refractivity contribution in [1.29, 1.82) is 0 Å². The molecule has 4 atom stereocenters. The van der Waals surface area contributed by atoms with Crippen molar-refractivity contribution in [2.75, 3.05) is 0 Å². The van der Waals surface area contributed by atoms with E-state index in [1.165, 1.54) is 0 Å². The van der Waals surface area contributed by atoms with Crippen LogP contribution < -0.4 is 4.74 Å².